The van der Waals surface area contributed by atoms with Gasteiger partial charge >= 0.3 is 65.7 Å². The lowest BCUT2D eigenvalue weighted by molar-refractivity contribution is -0.147. The summed E-state index contributed by atoms with van der Waals surface area (Å²) in [5.74, 6) is -6.28. The van der Waals surface area contributed by atoms with Gasteiger partial charge in [-0.2, -0.15) is 0 Å². The number of hydrogen-bond acceptors (Lipinski definition) is 23. The normalized spacial score (nSPS) is 9.95. The van der Waals surface area contributed by atoms with Crippen LogP contribution in [0.3, 0.4) is 0 Å². The van der Waals surface area contributed by atoms with Crippen LogP contribution < -0.4 is 0 Å². The Morgan fingerprint density at radius 1 is 0.218 bits per heavy atom. The molecule has 0 aliphatic heterocycles. The van der Waals surface area contributed by atoms with Crippen molar-refractivity contribution in [2.24, 2.45) is 0 Å². The summed E-state index contributed by atoms with van der Waals surface area (Å²) in [7, 11) is 0. The first-order valence-electron chi connectivity index (χ1n) is 29.9. The van der Waals surface area contributed by atoms with Gasteiger partial charge in [-0.25, -0.2) is 0 Å². The molecule has 0 aliphatic rings. The Bertz CT molecular complexity index is 1660. The van der Waals surface area contributed by atoms with E-state index < -0.39 is 35.8 Å². The molecule has 10 N–H and O–H groups in total. The number of carbonyl (C=O) groups excluding carboxylic acids is 5. The number of hydrogen-bond donors (Lipinski definition) is 10. The molecule has 512 valence electrons. The highest BCUT2D eigenvalue weighted by Gasteiger charge is 2.09. The number of carboxylic acid groups (broad SMARTS) is 6. The molecule has 29 heteroatoms. The van der Waals surface area contributed by atoms with Gasteiger partial charge in [-0.05, 0) is 109 Å². The highest BCUT2D eigenvalue weighted by atomic mass is 16.6. The van der Waals surface area contributed by atoms with Crippen LogP contribution in [0.15, 0.2) is 0 Å². The van der Waals surface area contributed by atoms with Crippen molar-refractivity contribution in [3.8, 4) is 0 Å². The highest BCUT2D eigenvalue weighted by Crippen LogP contribution is 2.08. The van der Waals surface area contributed by atoms with Crippen molar-refractivity contribution in [1.29, 1.82) is 0 Å². The van der Waals surface area contributed by atoms with Crippen LogP contribution in [0, 0.1) is 0 Å². The predicted octanol–water partition coefficient (Wildman–Crippen LogP) is 5.90. The van der Waals surface area contributed by atoms with E-state index in [9.17, 15) is 52.7 Å². The van der Waals surface area contributed by atoms with Crippen molar-refractivity contribution in [3.05, 3.63) is 0 Å². The third-order valence-electron chi connectivity index (χ3n) is 10.4. The van der Waals surface area contributed by atoms with Crippen LogP contribution in [0.25, 0.3) is 0 Å². The van der Waals surface area contributed by atoms with E-state index in [4.69, 9.17) is 84.2 Å². The lowest BCUT2D eigenvalue weighted by atomic mass is 10.2. The van der Waals surface area contributed by atoms with E-state index >= 15 is 0 Å². The summed E-state index contributed by atoms with van der Waals surface area (Å²) in [6.45, 7) is 6.88. The number of rotatable bonds is 53. The number of unbranched alkanes of at least 4 members (excludes halogenated alkanes) is 11. The Morgan fingerprint density at radius 3 is 0.632 bits per heavy atom. The number of aliphatic hydroxyl groups is 4. The maximum absolute atomic E-state index is 11.6. The van der Waals surface area contributed by atoms with E-state index in [1.165, 1.54) is 0 Å². The van der Waals surface area contributed by atoms with Gasteiger partial charge < -0.3 is 89.0 Å². The van der Waals surface area contributed by atoms with Crippen LogP contribution in [0.5, 0.6) is 0 Å². The minimum absolute atomic E-state index is 0.0278. The predicted molar refractivity (Wildman–Crippen MR) is 311 cm³/mol. The van der Waals surface area contributed by atoms with Crippen molar-refractivity contribution in [2.75, 3.05) is 99.1 Å². The van der Waals surface area contributed by atoms with E-state index in [0.717, 1.165) is 51.4 Å². The Labute approximate surface area is 511 Å². The Hall–Kier alpha value is -6.11. The van der Waals surface area contributed by atoms with E-state index in [0.29, 0.717) is 123 Å². The van der Waals surface area contributed by atoms with Gasteiger partial charge in [0, 0.05) is 70.6 Å². The Balaban J connectivity index is -0.000000246. The average Bonchev–Trinajstić information content (AvgIpc) is 3.47. The SMILES string of the molecule is CCCCC(=O)O.CCCCC(=O)OCCCCCC(=O)O.O=C(CCCCC(=O)OCCOCCO)OCCCCCC(=O)OCCOCCO.O=C(O)CCCCC(=O)O.O=C(O)CCCCCOC(=O)CCCCC(=O)O.OCCOCCO. The number of ether oxygens (including phenoxy) is 8. The van der Waals surface area contributed by atoms with Gasteiger partial charge in [0.15, 0.2) is 0 Å². The second-order valence-corrected chi connectivity index (χ2v) is 18.5. The topological polar surface area (TPSA) is 464 Å². The fourth-order valence-electron chi connectivity index (χ4n) is 5.86. The first-order chi connectivity index (χ1) is 41.6. The molecule has 0 rings (SSSR count). The van der Waals surface area contributed by atoms with Crippen LogP contribution in [0.2, 0.25) is 0 Å². The molecule has 0 aliphatic carbocycles. The second-order valence-electron chi connectivity index (χ2n) is 18.5. The summed E-state index contributed by atoms with van der Waals surface area (Å²) >= 11 is 0. The second kappa shape index (κ2) is 77.9. The van der Waals surface area contributed by atoms with E-state index in [2.05, 4.69) is 4.74 Å². The molecular formula is C58H106O29. The van der Waals surface area contributed by atoms with E-state index in [-0.39, 0.29) is 147 Å². The van der Waals surface area contributed by atoms with Gasteiger partial charge in [0.1, 0.15) is 13.2 Å². The van der Waals surface area contributed by atoms with Crippen molar-refractivity contribution in [1.82, 2.24) is 0 Å². The largest absolute Gasteiger partial charge is 0.481 e. The molecule has 29 nitrogen and oxygen atoms in total. The standard InChI is InChI=1S/C20H36O10.C12H20O6.C11H20O4.C6H10O4.C5H10O2.C4H10O3/c21-9-12-26-14-16-29-19(24)6-2-1-5-11-28-18(23)7-3-4-8-20(25)30-17-15-27-13-10-22;13-10(14)6-2-1-5-9-18-12(17)8-4-3-7-11(15)16;1-2-3-8-11(14)15-9-6-4-5-7-10(12)13;7-5(8)3-1-2-4-6(9)10;1-2-3-4-5(6)7;5-1-3-7-4-2-6/h21-22H,1-17H2;1-9H2,(H,13,14)(H,15,16);2-9H2,1H3,(H,12,13);1-4H2,(H,7,8)(H,9,10);2-4H2,1H3,(H,6,7);5-6H,1-4H2. The first kappa shape index (κ1) is 92.1. The molecule has 0 aromatic rings. The molecule has 0 unspecified atom stereocenters. The van der Waals surface area contributed by atoms with E-state index in [1.807, 2.05) is 13.8 Å². The molecule has 0 heterocycles. The summed E-state index contributed by atoms with van der Waals surface area (Å²) < 4.78 is 39.5. The third kappa shape index (κ3) is 105. The fraction of sp³-hybridized carbons (Fsp3) is 0.810. The molecular weight excluding hydrogens is 1160 g/mol. The molecule has 0 aromatic carbocycles. The molecule has 0 aromatic heterocycles. The number of aliphatic carboxylic acids is 6. The summed E-state index contributed by atoms with van der Waals surface area (Å²) in [6.07, 6.45) is 15.2. The summed E-state index contributed by atoms with van der Waals surface area (Å²) in [5.41, 5.74) is 0. The third-order valence-corrected chi connectivity index (χ3v) is 10.4. The van der Waals surface area contributed by atoms with Crippen molar-refractivity contribution in [2.45, 2.75) is 206 Å². The zero-order valence-electron chi connectivity index (χ0n) is 51.5. The van der Waals surface area contributed by atoms with Crippen LogP contribution in [0.4, 0.5) is 0 Å². The molecule has 0 bridgehead atoms. The molecule has 0 fully saturated rings. The smallest absolute Gasteiger partial charge is 0.305 e. The summed E-state index contributed by atoms with van der Waals surface area (Å²) in [5, 5.41) is 82.7. The van der Waals surface area contributed by atoms with Gasteiger partial charge in [-0.3, -0.25) is 52.7 Å². The fourth-order valence-corrected chi connectivity index (χ4v) is 5.86. The molecule has 0 spiro atoms. The lowest BCUT2D eigenvalue weighted by Gasteiger charge is -2.07. The number of carbonyl (C=O) groups is 11. The number of esters is 5. The molecule has 87 heavy (non-hydrogen) atoms. The monoisotopic (exact) mass is 1270 g/mol. The van der Waals surface area contributed by atoms with E-state index in [1.54, 1.807) is 0 Å². The van der Waals surface area contributed by atoms with Crippen molar-refractivity contribution in [3.63, 3.8) is 0 Å². The van der Waals surface area contributed by atoms with Crippen LogP contribution in [-0.4, -0.2) is 216 Å². The molecule has 0 amide bonds. The Kier molecular flexibility index (Phi) is 82.4. The van der Waals surface area contributed by atoms with Crippen molar-refractivity contribution >= 4 is 65.7 Å². The van der Waals surface area contributed by atoms with Crippen LogP contribution in [0.1, 0.15) is 206 Å². The van der Waals surface area contributed by atoms with Gasteiger partial charge in [0.25, 0.3) is 0 Å². The van der Waals surface area contributed by atoms with Crippen LogP contribution >= 0.6 is 0 Å². The number of aliphatic hydroxyl groups excluding tert-OH is 4. The first-order valence-corrected chi connectivity index (χ1v) is 29.9. The molecule has 0 saturated heterocycles. The average molecular weight is 1270 g/mol. The minimum atomic E-state index is -0.870. The highest BCUT2D eigenvalue weighted by molar-refractivity contribution is 5.72. The minimum Gasteiger partial charge on any atom is -0.481 e. The summed E-state index contributed by atoms with van der Waals surface area (Å²) in [6, 6.07) is 0. The van der Waals surface area contributed by atoms with Gasteiger partial charge in [-0.15, -0.1) is 0 Å². The van der Waals surface area contributed by atoms with Crippen molar-refractivity contribution < 1.29 is 142 Å². The van der Waals surface area contributed by atoms with Gasteiger partial charge in [-0.1, -0.05) is 26.7 Å². The number of carboxylic acids is 6. The molecule has 0 atom stereocenters. The maximum Gasteiger partial charge on any atom is 0.305 e. The molecule has 0 radical (unpaired) electrons. The van der Waals surface area contributed by atoms with Gasteiger partial charge in [0.05, 0.1) is 85.9 Å². The zero-order chi connectivity index (χ0) is 66.8. The Morgan fingerprint density at radius 2 is 0.402 bits per heavy atom. The quantitative estimate of drug-likeness (QED) is 0.0192. The maximum atomic E-state index is 11.6. The lowest BCUT2D eigenvalue weighted by Crippen LogP contribution is -2.12. The summed E-state index contributed by atoms with van der Waals surface area (Å²) in [4.78, 5) is 117. The zero-order valence-corrected chi connectivity index (χ0v) is 51.5. The van der Waals surface area contributed by atoms with Gasteiger partial charge in [0.2, 0.25) is 0 Å². The van der Waals surface area contributed by atoms with Crippen LogP contribution in [-0.2, 0) is 90.6 Å². The molecule has 0 saturated carbocycles.